The Kier molecular flexibility index (Phi) is 5.83. The van der Waals surface area contributed by atoms with E-state index in [-0.39, 0.29) is 0 Å². The summed E-state index contributed by atoms with van der Waals surface area (Å²) < 4.78 is 0. The van der Waals surface area contributed by atoms with Crippen LogP contribution in [0.4, 0.5) is 0 Å². The van der Waals surface area contributed by atoms with Gasteiger partial charge in [-0.25, -0.2) is 0 Å². The highest BCUT2D eigenvalue weighted by atomic mass is 31.0. The van der Waals surface area contributed by atoms with Crippen molar-refractivity contribution < 1.29 is 0 Å². The fourth-order valence-corrected chi connectivity index (χ4v) is 3.57. The molecule has 0 radical (unpaired) electrons. The molecule has 0 amide bonds. The molecular weight excluding hydrogens is 307 g/mol. The molecule has 0 heterocycles. The van der Waals surface area contributed by atoms with Crippen molar-refractivity contribution in [2.24, 2.45) is 0 Å². The highest BCUT2D eigenvalue weighted by Crippen LogP contribution is 2.35. The van der Waals surface area contributed by atoms with Gasteiger partial charge in [0.1, 0.15) is 0 Å². The zero-order chi connectivity index (χ0) is 16.8. The van der Waals surface area contributed by atoms with E-state index in [9.17, 15) is 0 Å². The fraction of sp³-hybridized carbons (Fsp3) is 0.217. The SMILES string of the molecule is CCCCc1cc(-c2ccccc2)c(-c2ccccc2)cc1CP. The molecular formula is C23H25P. The van der Waals surface area contributed by atoms with Crippen molar-refractivity contribution in [1.29, 1.82) is 0 Å². The van der Waals surface area contributed by atoms with Crippen LogP contribution in [0.15, 0.2) is 72.8 Å². The van der Waals surface area contributed by atoms with E-state index in [1.165, 1.54) is 46.2 Å². The zero-order valence-corrected chi connectivity index (χ0v) is 15.5. The van der Waals surface area contributed by atoms with E-state index in [4.69, 9.17) is 0 Å². The lowest BCUT2D eigenvalue weighted by molar-refractivity contribution is 0.791. The predicted molar refractivity (Wildman–Crippen MR) is 109 cm³/mol. The van der Waals surface area contributed by atoms with Crippen LogP contribution in [0.2, 0.25) is 0 Å². The van der Waals surface area contributed by atoms with Crippen LogP contribution in [-0.2, 0) is 12.6 Å². The Morgan fingerprint density at radius 2 is 1.21 bits per heavy atom. The van der Waals surface area contributed by atoms with Crippen LogP contribution in [0.25, 0.3) is 22.3 Å². The number of hydrogen-bond donors (Lipinski definition) is 0. The van der Waals surface area contributed by atoms with Crippen LogP contribution in [-0.4, -0.2) is 0 Å². The molecule has 3 rings (SSSR count). The van der Waals surface area contributed by atoms with Crippen LogP contribution in [0.1, 0.15) is 30.9 Å². The smallest absolute Gasteiger partial charge is 0.0102 e. The molecule has 0 aliphatic carbocycles. The first-order valence-electron chi connectivity index (χ1n) is 8.80. The topological polar surface area (TPSA) is 0 Å². The summed E-state index contributed by atoms with van der Waals surface area (Å²) in [6, 6.07) is 26.3. The minimum atomic E-state index is 1.01. The van der Waals surface area contributed by atoms with Gasteiger partial charge in [0.2, 0.25) is 0 Å². The van der Waals surface area contributed by atoms with E-state index in [0.717, 1.165) is 12.6 Å². The summed E-state index contributed by atoms with van der Waals surface area (Å²) in [7, 11) is 2.90. The second kappa shape index (κ2) is 8.27. The largest absolute Gasteiger partial charge is 0.133 e. The molecule has 0 aliphatic heterocycles. The Hall–Kier alpha value is -1.91. The van der Waals surface area contributed by atoms with Gasteiger partial charge in [-0.15, -0.1) is 9.24 Å². The fourth-order valence-electron chi connectivity index (χ4n) is 3.19. The average molecular weight is 332 g/mol. The third-order valence-electron chi connectivity index (χ3n) is 4.53. The van der Waals surface area contributed by atoms with Gasteiger partial charge in [-0.1, -0.05) is 80.1 Å². The van der Waals surface area contributed by atoms with Crippen molar-refractivity contribution >= 4 is 9.24 Å². The van der Waals surface area contributed by atoms with Gasteiger partial charge in [-0.3, -0.25) is 0 Å². The summed E-state index contributed by atoms with van der Waals surface area (Å²) in [5.41, 5.74) is 8.20. The number of hydrogen-bond acceptors (Lipinski definition) is 0. The van der Waals surface area contributed by atoms with Crippen LogP contribution < -0.4 is 0 Å². The summed E-state index contributed by atoms with van der Waals surface area (Å²) >= 11 is 0. The molecule has 24 heavy (non-hydrogen) atoms. The highest BCUT2D eigenvalue weighted by molar-refractivity contribution is 7.15. The molecule has 1 heteroatoms. The molecule has 3 aromatic carbocycles. The van der Waals surface area contributed by atoms with Gasteiger partial charge in [-0.05, 0) is 58.5 Å². The second-order valence-corrected chi connectivity index (χ2v) is 6.61. The van der Waals surface area contributed by atoms with Gasteiger partial charge in [-0.2, -0.15) is 0 Å². The monoisotopic (exact) mass is 332 g/mol. The molecule has 0 aromatic heterocycles. The van der Waals surface area contributed by atoms with Crippen LogP contribution in [0.5, 0.6) is 0 Å². The molecule has 0 saturated heterocycles. The summed E-state index contributed by atoms with van der Waals surface area (Å²) in [5.74, 6) is 0. The Bertz CT molecular complexity index is 776. The average Bonchev–Trinajstić information content (AvgIpc) is 2.67. The van der Waals surface area contributed by atoms with Gasteiger partial charge in [0.15, 0.2) is 0 Å². The molecule has 0 aliphatic rings. The maximum Gasteiger partial charge on any atom is -0.0102 e. The van der Waals surface area contributed by atoms with Gasteiger partial charge < -0.3 is 0 Å². The number of rotatable bonds is 6. The van der Waals surface area contributed by atoms with E-state index >= 15 is 0 Å². The second-order valence-electron chi connectivity index (χ2n) is 6.21. The quantitative estimate of drug-likeness (QED) is 0.439. The molecule has 0 N–H and O–H groups in total. The van der Waals surface area contributed by atoms with E-state index in [1.807, 2.05) is 0 Å². The first kappa shape index (κ1) is 16.9. The van der Waals surface area contributed by atoms with E-state index in [2.05, 4.69) is 89.0 Å². The van der Waals surface area contributed by atoms with Crippen molar-refractivity contribution in [1.82, 2.24) is 0 Å². The van der Waals surface area contributed by atoms with Crippen molar-refractivity contribution in [3.8, 4) is 22.3 Å². The number of unbranched alkanes of at least 4 members (excludes halogenated alkanes) is 1. The lowest BCUT2D eigenvalue weighted by Crippen LogP contribution is -1.96. The minimum absolute atomic E-state index is 1.01. The first-order chi connectivity index (χ1) is 11.8. The molecule has 0 bridgehead atoms. The lowest BCUT2D eigenvalue weighted by Gasteiger charge is -2.17. The van der Waals surface area contributed by atoms with E-state index < -0.39 is 0 Å². The van der Waals surface area contributed by atoms with Crippen LogP contribution in [0, 0.1) is 0 Å². The molecule has 1 atom stereocenters. The molecule has 3 aromatic rings. The standard InChI is InChI=1S/C23H25P/c1-2-3-10-20-15-22(18-11-6-4-7-12-18)23(16-21(20)17-24)19-13-8-5-9-14-19/h4-9,11-16H,2-3,10,17,24H2,1H3. The van der Waals surface area contributed by atoms with Gasteiger partial charge >= 0.3 is 0 Å². The molecule has 0 nitrogen and oxygen atoms in total. The number of aryl methyl sites for hydroxylation is 1. The highest BCUT2D eigenvalue weighted by Gasteiger charge is 2.12. The van der Waals surface area contributed by atoms with Crippen molar-refractivity contribution in [3.05, 3.63) is 83.9 Å². The lowest BCUT2D eigenvalue weighted by atomic mass is 9.89. The molecule has 122 valence electrons. The number of benzene rings is 3. The summed E-state index contributed by atoms with van der Waals surface area (Å²) in [5, 5.41) is 0. The maximum atomic E-state index is 2.90. The Morgan fingerprint density at radius 1 is 0.708 bits per heavy atom. The van der Waals surface area contributed by atoms with Crippen molar-refractivity contribution in [2.75, 3.05) is 0 Å². The van der Waals surface area contributed by atoms with Gasteiger partial charge in [0.05, 0.1) is 0 Å². The third-order valence-corrected chi connectivity index (χ3v) is 4.97. The van der Waals surface area contributed by atoms with E-state index in [0.29, 0.717) is 0 Å². The Balaban J connectivity index is 2.19. The van der Waals surface area contributed by atoms with Crippen LogP contribution >= 0.6 is 9.24 Å². The molecule has 0 saturated carbocycles. The first-order valence-corrected chi connectivity index (χ1v) is 9.62. The summed E-state index contributed by atoms with van der Waals surface area (Å²) in [6.07, 6.45) is 4.65. The maximum absolute atomic E-state index is 2.90. The van der Waals surface area contributed by atoms with Gasteiger partial charge in [0, 0.05) is 0 Å². The molecule has 0 fully saturated rings. The molecule has 1 unspecified atom stereocenters. The zero-order valence-electron chi connectivity index (χ0n) is 14.3. The predicted octanol–water partition coefficient (Wildman–Crippen LogP) is 6.74. The van der Waals surface area contributed by atoms with E-state index in [1.54, 1.807) is 0 Å². The molecule has 0 spiro atoms. The third kappa shape index (κ3) is 3.77. The van der Waals surface area contributed by atoms with Crippen LogP contribution in [0.3, 0.4) is 0 Å². The Labute approximate surface area is 148 Å². The normalized spacial score (nSPS) is 10.8. The van der Waals surface area contributed by atoms with Crippen molar-refractivity contribution in [2.45, 2.75) is 32.3 Å². The Morgan fingerprint density at radius 3 is 1.67 bits per heavy atom. The summed E-state index contributed by atoms with van der Waals surface area (Å²) in [4.78, 5) is 0. The van der Waals surface area contributed by atoms with Crippen molar-refractivity contribution in [3.63, 3.8) is 0 Å². The summed E-state index contributed by atoms with van der Waals surface area (Å²) in [6.45, 7) is 2.26. The minimum Gasteiger partial charge on any atom is -0.133 e. The van der Waals surface area contributed by atoms with Gasteiger partial charge in [0.25, 0.3) is 0 Å².